The van der Waals surface area contributed by atoms with Crippen LogP contribution in [0.15, 0.2) is 46.4 Å². The maximum Gasteiger partial charge on any atom is 0.393 e. The van der Waals surface area contributed by atoms with Gasteiger partial charge in [-0.3, -0.25) is 19.1 Å². The molecular weight excluding hydrogens is 470 g/mol. The number of pyridine rings is 2. The van der Waals surface area contributed by atoms with Crippen LogP contribution in [-0.2, 0) is 11.2 Å². The number of aliphatic hydroxyl groups is 1. The zero-order chi connectivity index (χ0) is 25.9. The number of likely N-dealkylation sites (N-methyl/N-ethyl adjacent to an activating group) is 1. The van der Waals surface area contributed by atoms with Gasteiger partial charge in [-0.05, 0) is 31.5 Å². The van der Waals surface area contributed by atoms with Gasteiger partial charge in [-0.25, -0.2) is 14.4 Å². The van der Waals surface area contributed by atoms with E-state index >= 15 is 4.39 Å². The van der Waals surface area contributed by atoms with Crippen LogP contribution in [0.2, 0.25) is 0 Å². The Morgan fingerprint density at radius 1 is 1.29 bits per heavy atom. The number of benzene rings is 1. The average molecular weight is 493 g/mol. The third-order valence-corrected chi connectivity index (χ3v) is 5.27. The Hall–Kier alpha value is -3.80. The minimum absolute atomic E-state index is 0.128. The van der Waals surface area contributed by atoms with Crippen LogP contribution in [-0.4, -0.2) is 58.2 Å². The van der Waals surface area contributed by atoms with Gasteiger partial charge in [-0.1, -0.05) is 18.2 Å². The molecule has 0 saturated heterocycles. The fourth-order valence-electron chi connectivity index (χ4n) is 3.60. The first-order valence-corrected chi connectivity index (χ1v) is 10.5. The van der Waals surface area contributed by atoms with E-state index < -0.39 is 36.4 Å². The summed E-state index contributed by atoms with van der Waals surface area (Å²) < 4.78 is 56.4. The number of anilines is 1. The van der Waals surface area contributed by atoms with Crippen molar-refractivity contribution in [3.63, 3.8) is 0 Å². The second-order valence-corrected chi connectivity index (χ2v) is 7.69. The Kier molecular flexibility index (Phi) is 7.54. The molecule has 2 aromatic heterocycles. The van der Waals surface area contributed by atoms with E-state index in [9.17, 15) is 27.9 Å². The van der Waals surface area contributed by atoms with Crippen molar-refractivity contribution in [3.05, 3.63) is 63.8 Å². The largest absolute Gasteiger partial charge is 0.393 e. The number of aromatic nitrogens is 2. The molecule has 0 spiro atoms. The molecule has 35 heavy (non-hydrogen) atoms. The molecule has 1 N–H and O–H groups in total. The molecule has 3 aromatic rings. The summed E-state index contributed by atoms with van der Waals surface area (Å²) in [6, 6.07) is 7.44. The number of aliphatic hydroxyl groups excluding tert-OH is 1. The Morgan fingerprint density at radius 2 is 1.97 bits per heavy atom. The molecule has 0 atom stereocenters. The van der Waals surface area contributed by atoms with Crippen LogP contribution in [0, 0.1) is 12.7 Å². The molecule has 12 heteroatoms. The fourth-order valence-corrected chi connectivity index (χ4v) is 3.60. The number of rotatable bonds is 7. The van der Waals surface area contributed by atoms with E-state index in [-0.39, 0.29) is 28.8 Å². The van der Waals surface area contributed by atoms with E-state index in [0.29, 0.717) is 17.7 Å². The van der Waals surface area contributed by atoms with E-state index in [4.69, 9.17) is 0 Å². The number of hydrogen-bond acceptors (Lipinski definition) is 6. The van der Waals surface area contributed by atoms with E-state index in [0.717, 1.165) is 26.7 Å². The van der Waals surface area contributed by atoms with Gasteiger partial charge in [-0.15, -0.1) is 0 Å². The number of aryl methyl sites for hydroxylation is 1. The highest BCUT2D eigenvalue weighted by Gasteiger charge is 2.30. The van der Waals surface area contributed by atoms with Crippen molar-refractivity contribution >= 4 is 29.0 Å². The summed E-state index contributed by atoms with van der Waals surface area (Å²) in [5.41, 5.74) is -0.407. The quantitative estimate of drug-likeness (QED) is 0.180. The predicted molar refractivity (Wildman–Crippen MR) is 123 cm³/mol. The molecule has 0 saturated carbocycles. The predicted octanol–water partition coefficient (Wildman–Crippen LogP) is 3.16. The van der Waals surface area contributed by atoms with Crippen molar-refractivity contribution < 1.29 is 27.5 Å². The lowest BCUT2D eigenvalue weighted by Crippen LogP contribution is -2.34. The van der Waals surface area contributed by atoms with Crippen molar-refractivity contribution in [3.8, 4) is 5.69 Å². The summed E-state index contributed by atoms with van der Waals surface area (Å²) in [6.07, 6.45) is -4.56. The summed E-state index contributed by atoms with van der Waals surface area (Å²) in [4.78, 5) is 29.4. The number of halogens is 4. The lowest BCUT2D eigenvalue weighted by Gasteiger charge is -2.21. The second-order valence-electron chi connectivity index (χ2n) is 7.69. The number of fused-ring (bicyclic) bond motifs is 1. The van der Waals surface area contributed by atoms with Gasteiger partial charge in [0.05, 0.1) is 23.0 Å². The van der Waals surface area contributed by atoms with Gasteiger partial charge in [0.15, 0.2) is 17.5 Å². The van der Waals surface area contributed by atoms with Crippen LogP contribution < -0.4 is 10.6 Å². The number of alkyl halides is 3. The highest BCUT2D eigenvalue weighted by atomic mass is 19.4. The van der Waals surface area contributed by atoms with Gasteiger partial charge >= 0.3 is 6.18 Å². The molecule has 186 valence electrons. The Balaban J connectivity index is 2.28. The smallest absolute Gasteiger partial charge is 0.388 e. The Labute approximate surface area is 197 Å². The first-order chi connectivity index (χ1) is 16.5. The zero-order valence-corrected chi connectivity index (χ0v) is 19.2. The summed E-state index contributed by atoms with van der Waals surface area (Å²) >= 11 is 0. The van der Waals surface area contributed by atoms with Crippen molar-refractivity contribution in [2.45, 2.75) is 26.4 Å². The molecule has 0 aliphatic heterocycles. The van der Waals surface area contributed by atoms with Crippen LogP contribution in [0.4, 0.5) is 23.4 Å². The monoisotopic (exact) mass is 493 g/mol. The minimum Gasteiger partial charge on any atom is -0.388 e. The highest BCUT2D eigenvalue weighted by Crippen LogP contribution is 2.28. The lowest BCUT2D eigenvalue weighted by molar-refractivity contribution is -0.127. The second kappa shape index (κ2) is 10.2. The normalized spacial score (nSPS) is 12.2. The summed E-state index contributed by atoms with van der Waals surface area (Å²) in [6.45, 7) is 2.82. The summed E-state index contributed by atoms with van der Waals surface area (Å²) in [7, 11) is 1.25. The topological polar surface area (TPSA) is 91.0 Å². The van der Waals surface area contributed by atoms with E-state index in [1.54, 1.807) is 38.1 Å². The van der Waals surface area contributed by atoms with Gasteiger partial charge < -0.3 is 5.11 Å². The number of hydrazone groups is 1. The van der Waals surface area contributed by atoms with Crippen molar-refractivity contribution in [1.82, 2.24) is 14.5 Å². The molecule has 2 heterocycles. The number of para-hydroxylation sites is 1. The molecule has 8 nitrogen and oxygen atoms in total. The van der Waals surface area contributed by atoms with Crippen LogP contribution in [0.3, 0.4) is 0 Å². The number of carbonyl (C=O) groups is 1. The molecule has 0 radical (unpaired) electrons. The van der Waals surface area contributed by atoms with Gasteiger partial charge in [0.2, 0.25) is 6.41 Å². The van der Waals surface area contributed by atoms with Crippen LogP contribution >= 0.6 is 0 Å². The molecule has 0 fully saturated rings. The number of carbonyl (C=O) groups excluding carboxylic acids is 1. The fraction of sp³-hybridized carbons (Fsp3) is 0.304. The minimum atomic E-state index is -4.63. The average Bonchev–Trinajstić information content (AvgIpc) is 2.80. The molecular formula is C23H23F4N5O3. The molecule has 1 aromatic carbocycles. The Bertz CT molecular complexity index is 1340. The van der Waals surface area contributed by atoms with Crippen LogP contribution in [0.5, 0.6) is 0 Å². The standard InChI is InChI=1S/C23H23F4N5O3/c1-4-31(13-34)19(12-33)29-30(3)21-17(24)9-16-20(28-21)15(10-23(25,26)27)11-32(22(16)35)18-8-6-5-7-14(18)2/h5-9,11,13,33H,4,10,12H2,1-3H3/b29-19-. The molecule has 0 bridgehead atoms. The molecule has 3 rings (SSSR count). The number of amidine groups is 1. The van der Waals surface area contributed by atoms with Gasteiger partial charge in [0.1, 0.15) is 6.61 Å². The van der Waals surface area contributed by atoms with Crippen molar-refractivity contribution in [2.24, 2.45) is 5.10 Å². The maximum atomic E-state index is 15.1. The number of amides is 1. The zero-order valence-electron chi connectivity index (χ0n) is 19.2. The summed E-state index contributed by atoms with van der Waals surface area (Å²) in [5, 5.41) is 14.0. The number of nitrogens with zero attached hydrogens (tertiary/aromatic N) is 5. The van der Waals surface area contributed by atoms with E-state index in [1.807, 2.05) is 0 Å². The first kappa shape index (κ1) is 25.8. The van der Waals surface area contributed by atoms with Crippen LogP contribution in [0.1, 0.15) is 18.1 Å². The molecule has 0 aliphatic rings. The third kappa shape index (κ3) is 5.48. The molecule has 1 amide bonds. The van der Waals surface area contributed by atoms with Crippen molar-refractivity contribution in [1.29, 1.82) is 0 Å². The summed E-state index contributed by atoms with van der Waals surface area (Å²) in [5.74, 6) is -1.63. The maximum absolute atomic E-state index is 15.1. The van der Waals surface area contributed by atoms with E-state index in [1.165, 1.54) is 7.05 Å². The Morgan fingerprint density at radius 3 is 2.54 bits per heavy atom. The third-order valence-electron chi connectivity index (χ3n) is 5.27. The van der Waals surface area contributed by atoms with Gasteiger partial charge in [0, 0.05) is 25.4 Å². The van der Waals surface area contributed by atoms with Gasteiger partial charge in [0.25, 0.3) is 5.56 Å². The lowest BCUT2D eigenvalue weighted by atomic mass is 10.1. The van der Waals surface area contributed by atoms with E-state index in [2.05, 4.69) is 10.1 Å². The number of hydrogen-bond donors (Lipinski definition) is 1. The van der Waals surface area contributed by atoms with Gasteiger partial charge in [-0.2, -0.15) is 18.3 Å². The highest BCUT2D eigenvalue weighted by molar-refractivity contribution is 5.92. The molecule has 0 unspecified atom stereocenters. The SMILES string of the molecule is CCN(C=O)/C(CO)=N\N(C)c1nc2c(CC(F)(F)F)cn(-c3ccccc3C)c(=O)c2cc1F. The van der Waals surface area contributed by atoms with Crippen molar-refractivity contribution in [2.75, 3.05) is 25.2 Å². The first-order valence-electron chi connectivity index (χ1n) is 10.5. The van der Waals surface area contributed by atoms with Crippen LogP contribution in [0.25, 0.3) is 16.6 Å². The molecule has 0 aliphatic carbocycles.